The molecule has 1 N–H and O–H groups in total. The second kappa shape index (κ2) is 9.67. The summed E-state index contributed by atoms with van der Waals surface area (Å²) in [4.78, 5) is 0. The maximum Gasteiger partial charge on any atom is 0.127 e. The lowest BCUT2D eigenvalue weighted by atomic mass is 10.0. The second-order valence-corrected chi connectivity index (χ2v) is 5.57. The molecule has 1 rings (SSSR count). The third-order valence-electron chi connectivity index (χ3n) is 4.02. The first kappa shape index (κ1) is 17.8. The van der Waals surface area contributed by atoms with Gasteiger partial charge in [0.25, 0.3) is 0 Å². The molecule has 0 aliphatic carbocycles. The van der Waals surface area contributed by atoms with Crippen LogP contribution in [0.1, 0.15) is 58.6 Å². The molecule has 0 amide bonds. The summed E-state index contributed by atoms with van der Waals surface area (Å²) in [6, 6.07) is 6.40. The highest BCUT2D eigenvalue weighted by molar-refractivity contribution is 5.42. The lowest BCUT2D eigenvalue weighted by Crippen LogP contribution is -2.20. The van der Waals surface area contributed by atoms with Gasteiger partial charge in [0, 0.05) is 17.7 Å². The van der Waals surface area contributed by atoms with E-state index < -0.39 is 0 Å². The fourth-order valence-corrected chi connectivity index (χ4v) is 2.33. The SMILES string of the molecule is CCCNC(C)c1ccc(OC)cc1OCC(CC)CC. The molecule has 21 heavy (non-hydrogen) atoms. The predicted octanol–water partition coefficient (Wildman–Crippen LogP) is 4.57. The maximum atomic E-state index is 6.10. The van der Waals surface area contributed by atoms with Gasteiger partial charge in [0.15, 0.2) is 0 Å². The third kappa shape index (κ3) is 5.58. The van der Waals surface area contributed by atoms with Crippen molar-refractivity contribution in [3.8, 4) is 11.5 Å². The van der Waals surface area contributed by atoms with E-state index in [0.29, 0.717) is 5.92 Å². The summed E-state index contributed by atoms with van der Waals surface area (Å²) in [5.74, 6) is 2.40. The Hall–Kier alpha value is -1.22. The van der Waals surface area contributed by atoms with Gasteiger partial charge in [-0.25, -0.2) is 0 Å². The topological polar surface area (TPSA) is 30.5 Å². The summed E-state index contributed by atoms with van der Waals surface area (Å²) in [7, 11) is 1.69. The van der Waals surface area contributed by atoms with E-state index in [0.717, 1.165) is 43.9 Å². The van der Waals surface area contributed by atoms with E-state index in [9.17, 15) is 0 Å². The fourth-order valence-electron chi connectivity index (χ4n) is 2.33. The van der Waals surface area contributed by atoms with Gasteiger partial charge in [-0.15, -0.1) is 0 Å². The van der Waals surface area contributed by atoms with Gasteiger partial charge in [0.1, 0.15) is 11.5 Å². The van der Waals surface area contributed by atoms with E-state index in [-0.39, 0.29) is 6.04 Å². The van der Waals surface area contributed by atoms with E-state index in [1.165, 1.54) is 5.56 Å². The summed E-state index contributed by atoms with van der Waals surface area (Å²) >= 11 is 0. The average Bonchev–Trinajstić information content (AvgIpc) is 2.53. The van der Waals surface area contributed by atoms with Crippen LogP contribution in [-0.4, -0.2) is 20.3 Å². The summed E-state index contributed by atoms with van der Waals surface area (Å²) in [6.45, 7) is 10.6. The van der Waals surface area contributed by atoms with Gasteiger partial charge in [0.05, 0.1) is 13.7 Å². The molecule has 0 aromatic heterocycles. The highest BCUT2D eigenvalue weighted by Crippen LogP contribution is 2.30. The van der Waals surface area contributed by atoms with E-state index in [1.54, 1.807) is 7.11 Å². The summed E-state index contributed by atoms with van der Waals surface area (Å²) in [5, 5.41) is 3.52. The Kier molecular flexibility index (Phi) is 8.21. The van der Waals surface area contributed by atoms with Gasteiger partial charge >= 0.3 is 0 Å². The molecule has 0 saturated heterocycles. The molecule has 1 unspecified atom stereocenters. The van der Waals surface area contributed by atoms with Crippen LogP contribution in [0.2, 0.25) is 0 Å². The van der Waals surface area contributed by atoms with Crippen LogP contribution in [0.5, 0.6) is 11.5 Å². The largest absolute Gasteiger partial charge is 0.497 e. The van der Waals surface area contributed by atoms with Crippen molar-refractivity contribution in [3.63, 3.8) is 0 Å². The van der Waals surface area contributed by atoms with E-state index in [4.69, 9.17) is 9.47 Å². The molecule has 0 aliphatic heterocycles. The average molecular weight is 293 g/mol. The zero-order valence-corrected chi connectivity index (χ0v) is 14.2. The van der Waals surface area contributed by atoms with Crippen molar-refractivity contribution in [1.29, 1.82) is 0 Å². The predicted molar refractivity (Wildman–Crippen MR) is 89.3 cm³/mol. The number of methoxy groups -OCH3 is 1. The van der Waals surface area contributed by atoms with Crippen LogP contribution in [0.3, 0.4) is 0 Å². The number of hydrogen-bond acceptors (Lipinski definition) is 3. The number of hydrogen-bond donors (Lipinski definition) is 1. The summed E-state index contributed by atoms with van der Waals surface area (Å²) < 4.78 is 11.4. The Labute approximate surface area is 130 Å². The Morgan fingerprint density at radius 3 is 2.43 bits per heavy atom. The van der Waals surface area contributed by atoms with Crippen LogP contribution < -0.4 is 14.8 Å². The molecule has 1 aromatic rings. The van der Waals surface area contributed by atoms with Gasteiger partial charge in [-0.05, 0) is 31.9 Å². The fraction of sp³-hybridized carbons (Fsp3) is 0.667. The number of rotatable bonds is 10. The first-order chi connectivity index (χ1) is 10.2. The number of ether oxygens (including phenoxy) is 2. The van der Waals surface area contributed by atoms with Gasteiger partial charge in [0.2, 0.25) is 0 Å². The Morgan fingerprint density at radius 2 is 1.86 bits per heavy atom. The molecule has 3 nitrogen and oxygen atoms in total. The van der Waals surface area contributed by atoms with Gasteiger partial charge in [-0.3, -0.25) is 0 Å². The van der Waals surface area contributed by atoms with Crippen molar-refractivity contribution in [1.82, 2.24) is 5.32 Å². The van der Waals surface area contributed by atoms with Crippen LogP contribution in [-0.2, 0) is 0 Å². The quantitative estimate of drug-likeness (QED) is 0.685. The zero-order chi connectivity index (χ0) is 15.7. The number of nitrogens with one attached hydrogen (secondary N) is 1. The highest BCUT2D eigenvalue weighted by Gasteiger charge is 2.14. The van der Waals surface area contributed by atoms with Crippen LogP contribution in [0.15, 0.2) is 18.2 Å². The monoisotopic (exact) mass is 293 g/mol. The number of benzene rings is 1. The van der Waals surface area contributed by atoms with Crippen LogP contribution >= 0.6 is 0 Å². The van der Waals surface area contributed by atoms with Crippen molar-refractivity contribution in [2.75, 3.05) is 20.3 Å². The summed E-state index contributed by atoms with van der Waals surface area (Å²) in [5.41, 5.74) is 1.20. The molecule has 1 aromatic carbocycles. The minimum Gasteiger partial charge on any atom is -0.497 e. The Morgan fingerprint density at radius 1 is 1.14 bits per heavy atom. The van der Waals surface area contributed by atoms with Crippen LogP contribution in [0.4, 0.5) is 0 Å². The lowest BCUT2D eigenvalue weighted by molar-refractivity contribution is 0.236. The van der Waals surface area contributed by atoms with Crippen molar-refractivity contribution < 1.29 is 9.47 Å². The smallest absolute Gasteiger partial charge is 0.127 e. The minimum atomic E-state index is 0.285. The van der Waals surface area contributed by atoms with E-state index in [2.05, 4.69) is 39.1 Å². The molecule has 1 atom stereocenters. The molecular weight excluding hydrogens is 262 g/mol. The van der Waals surface area contributed by atoms with Crippen molar-refractivity contribution in [2.45, 2.75) is 53.0 Å². The van der Waals surface area contributed by atoms with Crippen LogP contribution in [0.25, 0.3) is 0 Å². The molecule has 0 fully saturated rings. The maximum absolute atomic E-state index is 6.10. The first-order valence-electron chi connectivity index (χ1n) is 8.20. The van der Waals surface area contributed by atoms with E-state index in [1.807, 2.05) is 12.1 Å². The van der Waals surface area contributed by atoms with Crippen molar-refractivity contribution in [2.24, 2.45) is 5.92 Å². The third-order valence-corrected chi connectivity index (χ3v) is 4.02. The lowest BCUT2D eigenvalue weighted by Gasteiger charge is -2.21. The van der Waals surface area contributed by atoms with Gasteiger partial charge in [-0.2, -0.15) is 0 Å². The minimum absolute atomic E-state index is 0.285. The molecule has 120 valence electrons. The molecule has 0 spiro atoms. The second-order valence-electron chi connectivity index (χ2n) is 5.57. The molecule has 0 heterocycles. The Balaban J connectivity index is 2.85. The standard InChI is InChI=1S/C18H31NO2/c1-6-11-19-14(4)17-10-9-16(20-5)12-18(17)21-13-15(7-2)8-3/h9-10,12,14-15,19H,6-8,11,13H2,1-5H3. The van der Waals surface area contributed by atoms with Crippen LogP contribution in [0, 0.1) is 5.92 Å². The molecule has 0 aliphatic rings. The van der Waals surface area contributed by atoms with Gasteiger partial charge < -0.3 is 14.8 Å². The molecule has 0 bridgehead atoms. The molecule has 0 radical (unpaired) electrons. The Bertz CT molecular complexity index is 402. The van der Waals surface area contributed by atoms with E-state index >= 15 is 0 Å². The summed E-state index contributed by atoms with van der Waals surface area (Å²) in [6.07, 6.45) is 3.43. The van der Waals surface area contributed by atoms with Crippen molar-refractivity contribution >= 4 is 0 Å². The molecule has 3 heteroatoms. The molecular formula is C18H31NO2. The zero-order valence-electron chi connectivity index (χ0n) is 14.2. The molecule has 0 saturated carbocycles. The van der Waals surface area contributed by atoms with Gasteiger partial charge in [-0.1, -0.05) is 39.7 Å². The normalized spacial score (nSPS) is 12.5. The first-order valence-corrected chi connectivity index (χ1v) is 8.20. The highest BCUT2D eigenvalue weighted by atomic mass is 16.5. The van der Waals surface area contributed by atoms with Crippen molar-refractivity contribution in [3.05, 3.63) is 23.8 Å².